The van der Waals surface area contributed by atoms with Crippen LogP contribution in [0, 0.1) is 0 Å². The van der Waals surface area contributed by atoms with Gasteiger partial charge in [0, 0.05) is 28.7 Å². The van der Waals surface area contributed by atoms with Gasteiger partial charge >= 0.3 is 5.97 Å². The van der Waals surface area contributed by atoms with Crippen molar-refractivity contribution in [3.63, 3.8) is 0 Å². The number of amides is 1. The summed E-state index contributed by atoms with van der Waals surface area (Å²) in [7, 11) is 1.33. The Balaban J connectivity index is 2.77. The zero-order valence-electron chi connectivity index (χ0n) is 12.8. The predicted octanol–water partition coefficient (Wildman–Crippen LogP) is 3.81. The molecule has 0 spiro atoms. The molecule has 1 amide bonds. The maximum Gasteiger partial charge on any atom is 0.307 e. The second-order valence-corrected chi connectivity index (χ2v) is 5.79. The fraction of sp³-hybridized carbons (Fsp3) is 0.375. The second-order valence-electron chi connectivity index (χ2n) is 4.95. The molecular weight excluding hydrogens is 325 g/mol. The van der Waals surface area contributed by atoms with Crippen molar-refractivity contribution in [1.82, 2.24) is 4.90 Å². The lowest BCUT2D eigenvalue weighted by Gasteiger charge is -2.25. The number of rotatable bonds is 6. The number of benzene rings is 1. The first kappa shape index (κ1) is 18.5. The van der Waals surface area contributed by atoms with E-state index in [1.54, 1.807) is 29.2 Å². The molecule has 0 aliphatic carbocycles. The van der Waals surface area contributed by atoms with Gasteiger partial charge in [-0.1, -0.05) is 29.3 Å². The molecule has 4 nitrogen and oxygen atoms in total. The van der Waals surface area contributed by atoms with E-state index in [2.05, 4.69) is 4.74 Å². The highest BCUT2D eigenvalue weighted by atomic mass is 35.5. The first-order valence-electron chi connectivity index (χ1n) is 6.85. The predicted molar refractivity (Wildman–Crippen MR) is 89.0 cm³/mol. The molecule has 0 N–H and O–H groups in total. The smallest absolute Gasteiger partial charge is 0.307 e. The third-order valence-electron chi connectivity index (χ3n) is 3.06. The van der Waals surface area contributed by atoms with Crippen LogP contribution in [0.1, 0.15) is 25.8 Å². The summed E-state index contributed by atoms with van der Waals surface area (Å²) >= 11 is 11.9. The van der Waals surface area contributed by atoms with Crippen LogP contribution in [0.15, 0.2) is 24.3 Å². The van der Waals surface area contributed by atoms with E-state index in [1.165, 1.54) is 13.2 Å². The zero-order chi connectivity index (χ0) is 16.7. The van der Waals surface area contributed by atoms with Crippen LogP contribution >= 0.6 is 23.2 Å². The molecule has 0 aromatic heterocycles. The molecule has 0 saturated carbocycles. The Bertz CT molecular complexity index is 571. The van der Waals surface area contributed by atoms with Crippen molar-refractivity contribution in [2.75, 3.05) is 13.7 Å². The van der Waals surface area contributed by atoms with Gasteiger partial charge in [0.05, 0.1) is 13.5 Å². The Morgan fingerprint density at radius 2 is 2.00 bits per heavy atom. The van der Waals surface area contributed by atoms with E-state index in [9.17, 15) is 9.59 Å². The first-order chi connectivity index (χ1) is 10.3. The molecule has 1 aromatic rings. The van der Waals surface area contributed by atoms with Gasteiger partial charge in [0.15, 0.2) is 0 Å². The highest BCUT2D eigenvalue weighted by molar-refractivity contribution is 6.35. The van der Waals surface area contributed by atoms with Gasteiger partial charge in [-0.05, 0) is 37.6 Å². The summed E-state index contributed by atoms with van der Waals surface area (Å²) < 4.78 is 4.59. The highest BCUT2D eigenvalue weighted by Crippen LogP contribution is 2.22. The van der Waals surface area contributed by atoms with Gasteiger partial charge in [0.25, 0.3) is 0 Å². The van der Waals surface area contributed by atoms with Crippen LogP contribution in [0.3, 0.4) is 0 Å². The molecule has 22 heavy (non-hydrogen) atoms. The molecule has 0 radical (unpaired) electrons. The minimum absolute atomic E-state index is 0.0255. The monoisotopic (exact) mass is 343 g/mol. The Kier molecular flexibility index (Phi) is 7.42. The average Bonchev–Trinajstić information content (AvgIpc) is 2.45. The van der Waals surface area contributed by atoms with Gasteiger partial charge in [-0.15, -0.1) is 0 Å². The molecule has 0 fully saturated rings. The molecular formula is C16H19Cl2NO3. The van der Waals surface area contributed by atoms with E-state index in [-0.39, 0.29) is 24.3 Å². The van der Waals surface area contributed by atoms with Gasteiger partial charge in [-0.3, -0.25) is 9.59 Å². The molecule has 0 unspecified atom stereocenters. The third kappa shape index (κ3) is 5.70. The van der Waals surface area contributed by atoms with E-state index in [1.807, 2.05) is 13.8 Å². The summed E-state index contributed by atoms with van der Waals surface area (Å²) in [5.41, 5.74) is 0.705. The molecule has 0 saturated heterocycles. The number of hydrogen-bond donors (Lipinski definition) is 0. The lowest BCUT2D eigenvalue weighted by molar-refractivity contribution is -0.141. The van der Waals surface area contributed by atoms with E-state index in [0.717, 1.165) is 0 Å². The number of halogens is 2. The number of nitrogens with zero attached hydrogens (tertiary/aromatic N) is 1. The van der Waals surface area contributed by atoms with Crippen molar-refractivity contribution >= 4 is 41.2 Å². The van der Waals surface area contributed by atoms with Crippen LogP contribution in [-0.2, 0) is 14.3 Å². The summed E-state index contributed by atoms with van der Waals surface area (Å²) in [6.07, 6.45) is 3.23. The van der Waals surface area contributed by atoms with Crippen LogP contribution in [0.4, 0.5) is 0 Å². The Morgan fingerprint density at radius 1 is 1.32 bits per heavy atom. The molecule has 1 aromatic carbocycles. The van der Waals surface area contributed by atoms with E-state index in [4.69, 9.17) is 23.2 Å². The van der Waals surface area contributed by atoms with Gasteiger partial charge in [-0.25, -0.2) is 0 Å². The third-order valence-corrected chi connectivity index (χ3v) is 3.62. The number of ether oxygens (including phenoxy) is 1. The van der Waals surface area contributed by atoms with Crippen LogP contribution in [-0.4, -0.2) is 36.5 Å². The Morgan fingerprint density at radius 3 is 2.55 bits per heavy atom. The molecule has 1 rings (SSSR count). The van der Waals surface area contributed by atoms with E-state index in [0.29, 0.717) is 22.2 Å². The topological polar surface area (TPSA) is 46.6 Å². The number of methoxy groups -OCH3 is 1. The number of carbonyl (C=O) groups is 2. The Labute approximate surface area is 140 Å². The minimum atomic E-state index is -0.344. The van der Waals surface area contributed by atoms with Crippen molar-refractivity contribution in [3.8, 4) is 0 Å². The lowest BCUT2D eigenvalue weighted by Crippen LogP contribution is -2.37. The van der Waals surface area contributed by atoms with Crippen molar-refractivity contribution in [2.45, 2.75) is 26.3 Å². The number of hydrogen-bond acceptors (Lipinski definition) is 3. The van der Waals surface area contributed by atoms with Crippen molar-refractivity contribution in [3.05, 3.63) is 39.9 Å². The standard InChI is InChI=1S/C16H19Cl2NO3/c1-11(2)19(9-8-16(21)22-3)15(20)7-5-12-4-6-13(17)10-14(12)18/h4-7,10-11H,8-9H2,1-3H3/b7-5+. The van der Waals surface area contributed by atoms with Gasteiger partial charge < -0.3 is 9.64 Å². The van der Waals surface area contributed by atoms with Crippen molar-refractivity contribution < 1.29 is 14.3 Å². The van der Waals surface area contributed by atoms with E-state index >= 15 is 0 Å². The molecule has 0 aliphatic rings. The quantitative estimate of drug-likeness (QED) is 0.582. The fourth-order valence-electron chi connectivity index (χ4n) is 1.83. The molecule has 0 atom stereocenters. The number of carbonyl (C=O) groups excluding carboxylic acids is 2. The minimum Gasteiger partial charge on any atom is -0.469 e. The van der Waals surface area contributed by atoms with Crippen LogP contribution < -0.4 is 0 Å². The fourth-order valence-corrected chi connectivity index (χ4v) is 2.30. The van der Waals surface area contributed by atoms with Gasteiger partial charge in [0.2, 0.25) is 5.91 Å². The number of esters is 1. The zero-order valence-corrected chi connectivity index (χ0v) is 14.3. The second kappa shape index (κ2) is 8.81. The van der Waals surface area contributed by atoms with Crippen molar-refractivity contribution in [2.24, 2.45) is 0 Å². The summed E-state index contributed by atoms with van der Waals surface area (Å²) in [5.74, 6) is -0.534. The Hall–Kier alpha value is -1.52. The first-order valence-corrected chi connectivity index (χ1v) is 7.61. The molecule has 0 aliphatic heterocycles. The van der Waals surface area contributed by atoms with Crippen molar-refractivity contribution in [1.29, 1.82) is 0 Å². The molecule has 120 valence electrons. The SMILES string of the molecule is COC(=O)CCN(C(=O)/C=C/c1ccc(Cl)cc1Cl)C(C)C. The summed E-state index contributed by atoms with van der Waals surface area (Å²) in [4.78, 5) is 25.1. The lowest BCUT2D eigenvalue weighted by atomic mass is 10.2. The molecule has 6 heteroatoms. The van der Waals surface area contributed by atoms with Gasteiger partial charge in [0.1, 0.15) is 0 Å². The van der Waals surface area contributed by atoms with Crippen LogP contribution in [0.2, 0.25) is 10.0 Å². The summed E-state index contributed by atoms with van der Waals surface area (Å²) in [6.45, 7) is 4.08. The van der Waals surface area contributed by atoms with Gasteiger partial charge in [-0.2, -0.15) is 0 Å². The normalized spacial score (nSPS) is 11.0. The largest absolute Gasteiger partial charge is 0.469 e. The average molecular weight is 344 g/mol. The van der Waals surface area contributed by atoms with Crippen LogP contribution in [0.25, 0.3) is 6.08 Å². The molecule has 0 heterocycles. The van der Waals surface area contributed by atoms with Crippen LogP contribution in [0.5, 0.6) is 0 Å². The highest BCUT2D eigenvalue weighted by Gasteiger charge is 2.16. The molecule has 0 bridgehead atoms. The maximum atomic E-state index is 12.3. The summed E-state index contributed by atoms with van der Waals surface area (Å²) in [6, 6.07) is 5.03. The maximum absolute atomic E-state index is 12.3. The van der Waals surface area contributed by atoms with E-state index < -0.39 is 0 Å². The summed E-state index contributed by atoms with van der Waals surface area (Å²) in [5, 5.41) is 1.01.